The van der Waals surface area contributed by atoms with Crippen LogP contribution in [0.25, 0.3) is 10.9 Å². The van der Waals surface area contributed by atoms with Crippen LogP contribution in [0.1, 0.15) is 49.2 Å². The van der Waals surface area contributed by atoms with Crippen LogP contribution >= 0.6 is 11.3 Å². The van der Waals surface area contributed by atoms with E-state index < -0.39 is 11.8 Å². The number of fused-ring (bicyclic) bond motifs is 1. The van der Waals surface area contributed by atoms with Crippen LogP contribution in [0.5, 0.6) is 0 Å². The molecule has 2 aromatic heterocycles. The number of alkyl halides is 1. The highest BCUT2D eigenvalue weighted by atomic mass is 32.1. The Morgan fingerprint density at radius 3 is 2.79 bits per heavy atom. The molecule has 3 heterocycles. The molecule has 1 atom stereocenters. The monoisotopic (exact) mass is 486 g/mol. The molecule has 0 bridgehead atoms. The maximum Gasteiger partial charge on any atom is 0.239 e. The van der Waals surface area contributed by atoms with Gasteiger partial charge in [-0.15, -0.1) is 11.3 Å². The molecule has 1 unspecified atom stereocenters. The topological polar surface area (TPSA) is 95.3 Å². The molecule has 3 N–H and O–H groups in total. The highest BCUT2D eigenvalue weighted by molar-refractivity contribution is 7.09. The summed E-state index contributed by atoms with van der Waals surface area (Å²) in [5.41, 5.74) is 2.52. The lowest BCUT2D eigenvalue weighted by atomic mass is 9.80. The lowest BCUT2D eigenvalue weighted by molar-refractivity contribution is -0.121. The Morgan fingerprint density at radius 1 is 1.35 bits per heavy atom. The number of rotatable bonds is 7. The van der Waals surface area contributed by atoms with Crippen molar-refractivity contribution in [3.63, 3.8) is 0 Å². The number of aromatic nitrogens is 3. The van der Waals surface area contributed by atoms with Crippen molar-refractivity contribution >= 4 is 34.0 Å². The molecular formula is C24H31FN6O2S. The van der Waals surface area contributed by atoms with E-state index >= 15 is 0 Å². The fraction of sp³-hybridized carbons (Fsp3) is 0.542. The molecule has 1 saturated heterocycles. The van der Waals surface area contributed by atoms with Crippen molar-refractivity contribution in [1.29, 1.82) is 0 Å². The number of amides is 1. The first-order valence-corrected chi connectivity index (χ1v) is 12.7. The van der Waals surface area contributed by atoms with Crippen molar-refractivity contribution in [3.05, 3.63) is 40.3 Å². The largest absolute Gasteiger partial charge is 0.384 e. The number of carbonyl (C=O) groups is 1. The standard InChI is InChI=1S/C24H31FN6O2S/c1-15(25)16-3-4-20-19(9-16)23(29-30(20)2)27-11-22(32)28-17-12-31(13-17)18-5-7-24(33,8-6-18)21-10-26-14-34-21/h3-4,9-10,14-15,17-18,33H,5-8,11-13H2,1-2H3,(H,27,29)(H,28,32). The zero-order chi connectivity index (χ0) is 23.9. The van der Waals surface area contributed by atoms with Gasteiger partial charge in [-0.1, -0.05) is 6.07 Å². The average molecular weight is 487 g/mol. The molecule has 0 radical (unpaired) electrons. The smallest absolute Gasteiger partial charge is 0.239 e. The lowest BCUT2D eigenvalue weighted by Crippen LogP contribution is -2.63. The summed E-state index contributed by atoms with van der Waals surface area (Å²) in [5.74, 6) is 0.503. The van der Waals surface area contributed by atoms with Crippen LogP contribution in [0.2, 0.25) is 0 Å². The minimum Gasteiger partial charge on any atom is -0.384 e. The first-order valence-electron chi connectivity index (χ1n) is 11.8. The van der Waals surface area contributed by atoms with Gasteiger partial charge in [0.05, 0.1) is 28.5 Å². The first kappa shape index (κ1) is 23.2. The van der Waals surface area contributed by atoms with Crippen LogP contribution < -0.4 is 10.6 Å². The van der Waals surface area contributed by atoms with Gasteiger partial charge in [0, 0.05) is 37.8 Å². The highest BCUT2D eigenvalue weighted by Crippen LogP contribution is 2.40. The normalized spacial score (nSPS) is 24.6. The van der Waals surface area contributed by atoms with Crippen molar-refractivity contribution in [2.24, 2.45) is 7.05 Å². The van der Waals surface area contributed by atoms with E-state index in [4.69, 9.17) is 0 Å². The number of hydrogen-bond acceptors (Lipinski definition) is 7. The maximum absolute atomic E-state index is 13.7. The Hall–Kier alpha value is -2.56. The number of nitrogens with zero attached hydrogens (tertiary/aromatic N) is 4. The van der Waals surface area contributed by atoms with Crippen LogP contribution in [-0.2, 0) is 17.4 Å². The number of aliphatic hydroxyl groups is 1. The molecule has 1 aromatic carbocycles. The van der Waals surface area contributed by atoms with Gasteiger partial charge in [0.15, 0.2) is 5.82 Å². The number of anilines is 1. The zero-order valence-corrected chi connectivity index (χ0v) is 20.3. The van der Waals surface area contributed by atoms with Crippen molar-refractivity contribution < 1.29 is 14.3 Å². The van der Waals surface area contributed by atoms with Gasteiger partial charge in [0.2, 0.25) is 5.91 Å². The van der Waals surface area contributed by atoms with Gasteiger partial charge in [-0.25, -0.2) is 4.39 Å². The van der Waals surface area contributed by atoms with Gasteiger partial charge < -0.3 is 15.7 Å². The summed E-state index contributed by atoms with van der Waals surface area (Å²) in [6.45, 7) is 3.29. The summed E-state index contributed by atoms with van der Waals surface area (Å²) in [7, 11) is 1.83. The van der Waals surface area contributed by atoms with Gasteiger partial charge in [0.1, 0.15) is 11.8 Å². The Morgan fingerprint density at radius 2 is 2.12 bits per heavy atom. The molecule has 5 rings (SSSR count). The minimum absolute atomic E-state index is 0.0818. The Kier molecular flexibility index (Phi) is 6.30. The predicted molar refractivity (Wildman–Crippen MR) is 130 cm³/mol. The lowest BCUT2D eigenvalue weighted by Gasteiger charge is -2.48. The van der Waals surface area contributed by atoms with E-state index in [0.29, 0.717) is 17.4 Å². The maximum atomic E-state index is 13.7. The van der Waals surface area contributed by atoms with Gasteiger partial charge in [-0.3, -0.25) is 19.4 Å². The van der Waals surface area contributed by atoms with E-state index in [1.54, 1.807) is 28.5 Å². The molecule has 1 amide bonds. The molecule has 8 nitrogen and oxygen atoms in total. The molecule has 34 heavy (non-hydrogen) atoms. The third-order valence-electron chi connectivity index (χ3n) is 7.21. The van der Waals surface area contributed by atoms with Gasteiger partial charge in [-0.05, 0) is 50.3 Å². The number of halogens is 1. The van der Waals surface area contributed by atoms with E-state index in [2.05, 4.69) is 25.6 Å². The molecule has 2 fully saturated rings. The second-order valence-electron chi connectivity index (χ2n) is 9.57. The van der Waals surface area contributed by atoms with E-state index in [1.165, 1.54) is 18.3 Å². The van der Waals surface area contributed by atoms with E-state index in [1.807, 2.05) is 13.1 Å². The molecule has 0 spiro atoms. The first-order chi connectivity index (χ1) is 16.3. The van der Waals surface area contributed by atoms with Crippen LogP contribution in [0, 0.1) is 0 Å². The van der Waals surface area contributed by atoms with Gasteiger partial charge >= 0.3 is 0 Å². The number of benzene rings is 1. The second kappa shape index (κ2) is 9.24. The summed E-state index contributed by atoms with van der Waals surface area (Å²) in [6.07, 6.45) is 4.11. The fourth-order valence-corrected chi connectivity index (χ4v) is 5.92. The zero-order valence-electron chi connectivity index (χ0n) is 19.5. The number of hydrogen-bond donors (Lipinski definition) is 3. The quantitative estimate of drug-likeness (QED) is 0.475. The predicted octanol–water partition coefficient (Wildman–Crippen LogP) is 3.10. The molecule has 1 aliphatic carbocycles. The number of thiazole rings is 1. The Bertz CT molecular complexity index is 1150. The van der Waals surface area contributed by atoms with Crippen LogP contribution in [-0.4, -0.2) is 62.4 Å². The average Bonchev–Trinajstić information content (AvgIpc) is 3.44. The second-order valence-corrected chi connectivity index (χ2v) is 10.5. The minimum atomic E-state index is -1.06. The van der Waals surface area contributed by atoms with E-state index in [-0.39, 0.29) is 18.5 Å². The number of likely N-dealkylation sites (tertiary alicyclic amines) is 1. The Labute approximate surface area is 202 Å². The van der Waals surface area contributed by atoms with Crippen molar-refractivity contribution in [1.82, 2.24) is 25.0 Å². The molecule has 10 heteroatoms. The number of nitrogens with one attached hydrogen (secondary N) is 2. The molecule has 1 saturated carbocycles. The van der Waals surface area contributed by atoms with Crippen molar-refractivity contribution in [2.75, 3.05) is 25.0 Å². The SMILES string of the molecule is CC(F)c1ccc2c(c1)c(NCC(=O)NC1CN(C3CCC(O)(c4cncs4)CC3)C1)nn2C. The molecule has 3 aromatic rings. The van der Waals surface area contributed by atoms with Crippen LogP contribution in [0.15, 0.2) is 29.9 Å². The fourth-order valence-electron chi connectivity index (χ4n) is 5.14. The third kappa shape index (κ3) is 4.54. The molecule has 182 valence electrons. The van der Waals surface area contributed by atoms with E-state index in [9.17, 15) is 14.3 Å². The summed E-state index contributed by atoms with van der Waals surface area (Å²) in [6, 6.07) is 5.99. The number of carbonyl (C=O) groups excluding carboxylic acids is 1. The molecular weight excluding hydrogens is 455 g/mol. The van der Waals surface area contributed by atoms with E-state index in [0.717, 1.165) is 54.6 Å². The van der Waals surface area contributed by atoms with Gasteiger partial charge in [-0.2, -0.15) is 5.10 Å². The summed E-state index contributed by atoms with van der Waals surface area (Å²) >= 11 is 1.52. The number of aryl methyl sites for hydroxylation is 1. The van der Waals surface area contributed by atoms with Gasteiger partial charge in [0.25, 0.3) is 0 Å². The summed E-state index contributed by atoms with van der Waals surface area (Å²) in [4.78, 5) is 20.0. The summed E-state index contributed by atoms with van der Waals surface area (Å²) < 4.78 is 15.5. The van der Waals surface area contributed by atoms with Crippen molar-refractivity contribution in [2.45, 2.75) is 56.5 Å². The Balaban J connectivity index is 1.09. The molecule has 2 aliphatic rings. The highest BCUT2D eigenvalue weighted by Gasteiger charge is 2.41. The van der Waals surface area contributed by atoms with Crippen molar-refractivity contribution in [3.8, 4) is 0 Å². The summed E-state index contributed by atoms with van der Waals surface area (Å²) in [5, 5.41) is 22.4. The van der Waals surface area contributed by atoms with Crippen LogP contribution in [0.4, 0.5) is 10.2 Å². The molecule has 1 aliphatic heterocycles. The van der Waals surface area contributed by atoms with Crippen LogP contribution in [0.3, 0.4) is 0 Å². The third-order valence-corrected chi connectivity index (χ3v) is 8.18.